The normalized spacial score (nSPS) is 21.3. The lowest BCUT2D eigenvalue weighted by atomic mass is 10.0. The van der Waals surface area contributed by atoms with E-state index >= 15 is 0 Å². The molecule has 2 fully saturated rings. The van der Waals surface area contributed by atoms with Crippen molar-refractivity contribution in [2.45, 2.75) is 38.1 Å². The van der Waals surface area contributed by atoms with Crippen molar-refractivity contribution in [2.24, 2.45) is 0 Å². The Balaban J connectivity index is 1.43. The van der Waals surface area contributed by atoms with Gasteiger partial charge in [-0.1, -0.05) is 18.6 Å². The van der Waals surface area contributed by atoms with Crippen LogP contribution < -0.4 is 10.1 Å². The quantitative estimate of drug-likeness (QED) is 0.708. The molecule has 1 aromatic carbocycles. The van der Waals surface area contributed by atoms with Crippen molar-refractivity contribution in [1.29, 1.82) is 0 Å². The summed E-state index contributed by atoms with van der Waals surface area (Å²) in [5, 5.41) is 2.49. The molecule has 3 rings (SSSR count). The van der Waals surface area contributed by atoms with Crippen LogP contribution in [0.4, 0.5) is 4.79 Å². The fourth-order valence-corrected chi connectivity index (χ4v) is 4.07. The lowest BCUT2D eigenvalue weighted by Crippen LogP contribution is -2.36. The Kier molecular flexibility index (Phi) is 7.93. The van der Waals surface area contributed by atoms with Gasteiger partial charge in [-0.25, -0.2) is 4.79 Å². The summed E-state index contributed by atoms with van der Waals surface area (Å²) in [6, 6.07) is 8.42. The van der Waals surface area contributed by atoms with Crippen molar-refractivity contribution in [3.05, 3.63) is 29.8 Å². The van der Waals surface area contributed by atoms with Crippen LogP contribution in [0, 0.1) is 0 Å². The minimum absolute atomic E-state index is 0.421. The highest BCUT2D eigenvalue weighted by Crippen LogP contribution is 2.33. The molecule has 1 unspecified atom stereocenters. The van der Waals surface area contributed by atoms with E-state index in [1.807, 2.05) is 18.2 Å². The van der Waals surface area contributed by atoms with E-state index in [2.05, 4.69) is 21.2 Å². The highest BCUT2D eigenvalue weighted by molar-refractivity contribution is 5.69. The van der Waals surface area contributed by atoms with Gasteiger partial charge >= 0.3 is 6.09 Å². The minimum Gasteiger partial charge on any atom is -0.410 e. The summed E-state index contributed by atoms with van der Waals surface area (Å²) in [5.74, 6) is 0.615. The SMILES string of the molecule is CNC(=O)Oc1cccc(C2CCCN2CCCCCN2CCOCC2)c1. The van der Waals surface area contributed by atoms with Crippen LogP contribution in [0.5, 0.6) is 5.75 Å². The van der Waals surface area contributed by atoms with Crippen LogP contribution in [-0.2, 0) is 4.74 Å². The van der Waals surface area contributed by atoms with Gasteiger partial charge in [-0.2, -0.15) is 0 Å². The Morgan fingerprint density at radius 1 is 1.19 bits per heavy atom. The number of morpholine rings is 1. The van der Waals surface area contributed by atoms with Crippen molar-refractivity contribution in [3.8, 4) is 5.75 Å². The number of carbonyl (C=O) groups excluding carboxylic acids is 1. The number of unbranched alkanes of at least 4 members (excludes halogenated alkanes) is 2. The number of amides is 1. The third kappa shape index (κ3) is 6.19. The maximum absolute atomic E-state index is 11.4. The van der Waals surface area contributed by atoms with Crippen molar-refractivity contribution < 1.29 is 14.3 Å². The zero-order chi connectivity index (χ0) is 18.9. The predicted molar refractivity (Wildman–Crippen MR) is 106 cm³/mol. The summed E-state index contributed by atoms with van der Waals surface area (Å²) in [6.07, 6.45) is 5.79. The summed E-state index contributed by atoms with van der Waals surface area (Å²) in [7, 11) is 1.57. The van der Waals surface area contributed by atoms with Gasteiger partial charge in [0, 0.05) is 26.2 Å². The topological polar surface area (TPSA) is 54.0 Å². The van der Waals surface area contributed by atoms with Gasteiger partial charge in [-0.3, -0.25) is 9.80 Å². The molecule has 1 atom stereocenters. The average molecular weight is 376 g/mol. The van der Waals surface area contributed by atoms with Gasteiger partial charge in [0.25, 0.3) is 0 Å². The van der Waals surface area contributed by atoms with E-state index in [0.717, 1.165) is 39.4 Å². The first-order chi connectivity index (χ1) is 13.3. The first-order valence-electron chi connectivity index (χ1n) is 10.3. The fraction of sp³-hybridized carbons (Fsp3) is 0.667. The standard InChI is InChI=1S/C21H33N3O3/c1-22-21(25)27-19-8-5-7-18(17-19)20-9-6-12-24(20)11-4-2-3-10-23-13-15-26-16-14-23/h5,7-8,17,20H,2-4,6,9-16H2,1H3,(H,22,25). The van der Waals surface area contributed by atoms with Gasteiger partial charge < -0.3 is 14.8 Å². The second-order valence-electron chi connectivity index (χ2n) is 7.42. The zero-order valence-corrected chi connectivity index (χ0v) is 16.5. The summed E-state index contributed by atoms with van der Waals surface area (Å²) >= 11 is 0. The maximum Gasteiger partial charge on any atom is 0.412 e. The van der Waals surface area contributed by atoms with E-state index in [9.17, 15) is 4.79 Å². The largest absolute Gasteiger partial charge is 0.412 e. The number of nitrogens with one attached hydrogen (secondary N) is 1. The van der Waals surface area contributed by atoms with Crippen LogP contribution in [0.15, 0.2) is 24.3 Å². The molecular weight excluding hydrogens is 342 g/mol. The number of benzene rings is 1. The van der Waals surface area contributed by atoms with E-state index in [4.69, 9.17) is 9.47 Å². The number of hydrogen-bond acceptors (Lipinski definition) is 5. The number of nitrogens with zero attached hydrogens (tertiary/aromatic N) is 2. The first kappa shape index (κ1) is 20.1. The first-order valence-corrected chi connectivity index (χ1v) is 10.3. The summed E-state index contributed by atoms with van der Waals surface area (Å²) < 4.78 is 10.7. The van der Waals surface area contributed by atoms with E-state index in [1.165, 1.54) is 44.2 Å². The lowest BCUT2D eigenvalue weighted by molar-refractivity contribution is 0.0370. The highest BCUT2D eigenvalue weighted by atomic mass is 16.5. The molecule has 0 radical (unpaired) electrons. The Bertz CT molecular complexity index is 590. The molecule has 0 spiro atoms. The van der Waals surface area contributed by atoms with Gasteiger partial charge in [-0.15, -0.1) is 0 Å². The molecule has 2 aliphatic heterocycles. The molecule has 2 saturated heterocycles. The Morgan fingerprint density at radius 2 is 2.00 bits per heavy atom. The second kappa shape index (κ2) is 10.6. The number of ether oxygens (including phenoxy) is 2. The van der Waals surface area contributed by atoms with Crippen LogP contribution in [-0.4, -0.2) is 68.9 Å². The molecular formula is C21H33N3O3. The van der Waals surface area contributed by atoms with E-state index < -0.39 is 6.09 Å². The lowest BCUT2D eigenvalue weighted by Gasteiger charge is -2.27. The van der Waals surface area contributed by atoms with Crippen molar-refractivity contribution in [1.82, 2.24) is 15.1 Å². The molecule has 0 aromatic heterocycles. The van der Waals surface area contributed by atoms with Crippen LogP contribution in [0.25, 0.3) is 0 Å². The van der Waals surface area contributed by atoms with E-state index in [-0.39, 0.29) is 0 Å². The molecule has 2 aliphatic rings. The molecule has 1 amide bonds. The zero-order valence-electron chi connectivity index (χ0n) is 16.5. The Labute approximate surface area is 162 Å². The van der Waals surface area contributed by atoms with Crippen LogP contribution >= 0.6 is 0 Å². The summed E-state index contributed by atoms with van der Waals surface area (Å²) in [4.78, 5) is 16.5. The summed E-state index contributed by atoms with van der Waals surface area (Å²) in [6.45, 7) is 7.45. The molecule has 6 nitrogen and oxygen atoms in total. The monoisotopic (exact) mass is 375 g/mol. The van der Waals surface area contributed by atoms with Crippen molar-refractivity contribution >= 4 is 6.09 Å². The van der Waals surface area contributed by atoms with E-state index in [0.29, 0.717) is 11.8 Å². The third-order valence-electron chi connectivity index (χ3n) is 5.54. The number of carbonyl (C=O) groups is 1. The highest BCUT2D eigenvalue weighted by Gasteiger charge is 2.25. The summed E-state index contributed by atoms with van der Waals surface area (Å²) in [5.41, 5.74) is 1.25. The maximum atomic E-state index is 11.4. The molecule has 2 heterocycles. The minimum atomic E-state index is -0.421. The second-order valence-corrected chi connectivity index (χ2v) is 7.42. The molecule has 0 saturated carbocycles. The molecule has 1 aromatic rings. The van der Waals surface area contributed by atoms with Gasteiger partial charge in [0.2, 0.25) is 0 Å². The van der Waals surface area contributed by atoms with Crippen molar-refractivity contribution in [3.63, 3.8) is 0 Å². The molecule has 6 heteroatoms. The predicted octanol–water partition coefficient (Wildman–Crippen LogP) is 3.04. The van der Waals surface area contributed by atoms with Gasteiger partial charge in [-0.05, 0) is 63.0 Å². The Morgan fingerprint density at radius 3 is 2.81 bits per heavy atom. The molecule has 0 aliphatic carbocycles. The van der Waals surface area contributed by atoms with Crippen molar-refractivity contribution in [2.75, 3.05) is 53.0 Å². The fourth-order valence-electron chi connectivity index (χ4n) is 4.07. The molecule has 0 bridgehead atoms. The number of hydrogen-bond donors (Lipinski definition) is 1. The molecule has 1 N–H and O–H groups in total. The Hall–Kier alpha value is -1.63. The number of likely N-dealkylation sites (tertiary alicyclic amines) is 1. The van der Waals surface area contributed by atoms with Gasteiger partial charge in [0.15, 0.2) is 0 Å². The molecule has 150 valence electrons. The smallest absolute Gasteiger partial charge is 0.410 e. The van der Waals surface area contributed by atoms with Crippen LogP contribution in [0.3, 0.4) is 0 Å². The van der Waals surface area contributed by atoms with Crippen LogP contribution in [0.2, 0.25) is 0 Å². The molecule has 27 heavy (non-hydrogen) atoms. The average Bonchev–Trinajstić information content (AvgIpc) is 3.17. The number of rotatable bonds is 8. The third-order valence-corrected chi connectivity index (χ3v) is 5.54. The van der Waals surface area contributed by atoms with E-state index in [1.54, 1.807) is 7.05 Å². The van der Waals surface area contributed by atoms with Gasteiger partial charge in [0.1, 0.15) is 5.75 Å². The van der Waals surface area contributed by atoms with Crippen LogP contribution in [0.1, 0.15) is 43.7 Å². The van der Waals surface area contributed by atoms with Gasteiger partial charge in [0.05, 0.1) is 13.2 Å².